The summed E-state index contributed by atoms with van der Waals surface area (Å²) in [6, 6.07) is 0. The molecular weight excluding hydrogens is 200 g/mol. The van der Waals surface area contributed by atoms with Crippen molar-refractivity contribution in [3.05, 3.63) is 0 Å². The summed E-state index contributed by atoms with van der Waals surface area (Å²) in [4.78, 5) is 0. The first kappa shape index (κ1) is 9.31. The van der Waals surface area contributed by atoms with E-state index in [1.54, 1.807) is 0 Å². The topological polar surface area (TPSA) is 46.5 Å². The average molecular weight is 216 g/mol. The largest absolute Gasteiger partial charge is 0.377 e. The fraction of sp³-hybridized carbons (Fsp3) is 1.00. The first-order valence-electron chi connectivity index (χ1n) is 5.36. The van der Waals surface area contributed by atoms with Crippen LogP contribution in [-0.2, 0) is 15.8 Å². The van der Waals surface area contributed by atoms with Crippen LogP contribution in [0, 0.1) is 17.3 Å². The standard InChI is InChI=1S/C10H16O3S/c1-6-7-4-8(14(11)12)10(5-7)2-3-13-9(6)10/h6-9H,2-5H2,1H3,(H,11,12). The zero-order valence-corrected chi connectivity index (χ0v) is 9.13. The van der Waals surface area contributed by atoms with Crippen LogP contribution in [0.3, 0.4) is 0 Å². The number of hydrogen-bond acceptors (Lipinski definition) is 2. The third kappa shape index (κ3) is 0.921. The van der Waals surface area contributed by atoms with Gasteiger partial charge in [0.25, 0.3) is 0 Å². The highest BCUT2D eigenvalue weighted by Crippen LogP contribution is 2.63. The van der Waals surface area contributed by atoms with E-state index < -0.39 is 11.1 Å². The lowest BCUT2D eigenvalue weighted by Crippen LogP contribution is -2.43. The van der Waals surface area contributed by atoms with Crippen LogP contribution in [0.2, 0.25) is 0 Å². The van der Waals surface area contributed by atoms with E-state index in [0.29, 0.717) is 11.8 Å². The molecule has 1 spiro atoms. The molecule has 1 N–H and O–H groups in total. The van der Waals surface area contributed by atoms with Crippen molar-refractivity contribution >= 4 is 11.1 Å². The van der Waals surface area contributed by atoms with Crippen molar-refractivity contribution in [3.8, 4) is 0 Å². The molecule has 0 radical (unpaired) electrons. The first-order valence-corrected chi connectivity index (χ1v) is 6.53. The Morgan fingerprint density at radius 2 is 2.36 bits per heavy atom. The Kier molecular flexibility index (Phi) is 1.86. The van der Waals surface area contributed by atoms with Gasteiger partial charge in [0.05, 0.1) is 11.4 Å². The van der Waals surface area contributed by atoms with Gasteiger partial charge in [-0.05, 0) is 31.1 Å². The lowest BCUT2D eigenvalue weighted by atomic mass is 9.77. The minimum absolute atomic E-state index is 0.0174. The van der Waals surface area contributed by atoms with E-state index in [-0.39, 0.29) is 16.8 Å². The van der Waals surface area contributed by atoms with Crippen molar-refractivity contribution in [2.75, 3.05) is 6.61 Å². The molecule has 2 saturated carbocycles. The van der Waals surface area contributed by atoms with Gasteiger partial charge in [0, 0.05) is 12.0 Å². The van der Waals surface area contributed by atoms with Crippen LogP contribution < -0.4 is 0 Å². The summed E-state index contributed by atoms with van der Waals surface area (Å²) in [7, 11) is 0. The van der Waals surface area contributed by atoms with E-state index in [1.165, 1.54) is 0 Å². The lowest BCUT2D eigenvalue weighted by molar-refractivity contribution is 0.0211. The predicted octanol–water partition coefficient (Wildman–Crippen LogP) is 1.41. The van der Waals surface area contributed by atoms with Gasteiger partial charge < -0.3 is 9.29 Å². The molecule has 0 aromatic rings. The molecule has 80 valence electrons. The second-order valence-corrected chi connectivity index (χ2v) is 6.22. The number of fused-ring (bicyclic) bond motifs is 1. The van der Waals surface area contributed by atoms with E-state index in [1.807, 2.05) is 0 Å². The molecule has 2 bridgehead atoms. The maximum atomic E-state index is 11.3. The van der Waals surface area contributed by atoms with Crippen LogP contribution in [0.4, 0.5) is 0 Å². The quantitative estimate of drug-likeness (QED) is 0.674. The lowest BCUT2D eigenvalue weighted by Gasteiger charge is -2.35. The monoisotopic (exact) mass is 216 g/mol. The second kappa shape index (κ2) is 2.80. The molecule has 1 heterocycles. The van der Waals surface area contributed by atoms with E-state index in [2.05, 4.69) is 6.92 Å². The summed E-state index contributed by atoms with van der Waals surface area (Å²) in [6.07, 6.45) is 3.32. The maximum absolute atomic E-state index is 11.3. The molecule has 6 unspecified atom stereocenters. The predicted molar refractivity (Wildman–Crippen MR) is 53.2 cm³/mol. The van der Waals surface area contributed by atoms with Gasteiger partial charge in [-0.3, -0.25) is 0 Å². The van der Waals surface area contributed by atoms with Gasteiger partial charge in [-0.25, -0.2) is 4.21 Å². The molecule has 0 amide bonds. The van der Waals surface area contributed by atoms with E-state index in [0.717, 1.165) is 25.9 Å². The third-order valence-corrected chi connectivity index (χ3v) is 5.85. The molecule has 6 atom stereocenters. The van der Waals surface area contributed by atoms with Gasteiger partial charge >= 0.3 is 0 Å². The van der Waals surface area contributed by atoms with E-state index in [9.17, 15) is 8.76 Å². The molecule has 0 aromatic heterocycles. The van der Waals surface area contributed by atoms with E-state index in [4.69, 9.17) is 4.74 Å². The van der Waals surface area contributed by atoms with Crippen molar-refractivity contribution in [1.29, 1.82) is 0 Å². The summed E-state index contributed by atoms with van der Waals surface area (Å²) >= 11 is -1.66. The molecule has 3 aliphatic rings. The second-order valence-electron chi connectivity index (χ2n) is 5.10. The smallest absolute Gasteiger partial charge is 0.156 e. The SMILES string of the molecule is CC1C2CC(S(=O)O)C3(CCOC13)C2. The molecule has 3 nitrogen and oxygen atoms in total. The Hall–Kier alpha value is 0.0700. The van der Waals surface area contributed by atoms with Crippen LogP contribution in [0.5, 0.6) is 0 Å². The number of hydrogen-bond donors (Lipinski definition) is 1. The molecule has 3 rings (SSSR count). The molecule has 1 saturated heterocycles. The highest BCUT2D eigenvalue weighted by Gasteiger charge is 2.65. The van der Waals surface area contributed by atoms with Crippen LogP contribution in [0.15, 0.2) is 0 Å². The fourth-order valence-corrected chi connectivity index (χ4v) is 5.23. The van der Waals surface area contributed by atoms with Gasteiger partial charge in [-0.15, -0.1) is 0 Å². The molecule has 1 aliphatic heterocycles. The maximum Gasteiger partial charge on any atom is 0.156 e. The molecule has 14 heavy (non-hydrogen) atoms. The van der Waals surface area contributed by atoms with Gasteiger partial charge in [0.15, 0.2) is 11.1 Å². The van der Waals surface area contributed by atoms with Gasteiger partial charge in [0.1, 0.15) is 0 Å². The third-order valence-electron chi connectivity index (χ3n) is 4.70. The van der Waals surface area contributed by atoms with Crippen molar-refractivity contribution in [2.45, 2.75) is 37.5 Å². The fourth-order valence-electron chi connectivity index (χ4n) is 4.07. The van der Waals surface area contributed by atoms with Crippen molar-refractivity contribution in [1.82, 2.24) is 0 Å². The Morgan fingerprint density at radius 3 is 3.07 bits per heavy atom. The van der Waals surface area contributed by atoms with Crippen molar-refractivity contribution < 1.29 is 13.5 Å². The zero-order valence-electron chi connectivity index (χ0n) is 8.31. The normalized spacial score (nSPS) is 57.6. The zero-order chi connectivity index (χ0) is 9.92. The summed E-state index contributed by atoms with van der Waals surface area (Å²) < 4.78 is 26.4. The first-order chi connectivity index (χ1) is 6.65. The Morgan fingerprint density at radius 1 is 1.57 bits per heavy atom. The number of ether oxygens (including phenoxy) is 1. The van der Waals surface area contributed by atoms with Crippen molar-refractivity contribution in [3.63, 3.8) is 0 Å². The molecule has 2 aliphatic carbocycles. The Bertz CT molecular complexity index is 293. The summed E-state index contributed by atoms with van der Waals surface area (Å²) in [6.45, 7) is 3.02. The summed E-state index contributed by atoms with van der Waals surface area (Å²) in [5, 5.41) is -0.0174. The Balaban J connectivity index is 1.99. The van der Waals surface area contributed by atoms with E-state index >= 15 is 0 Å². The average Bonchev–Trinajstić information content (AvgIpc) is 2.75. The molecular formula is C10H16O3S. The minimum Gasteiger partial charge on any atom is -0.377 e. The highest BCUT2D eigenvalue weighted by atomic mass is 32.2. The van der Waals surface area contributed by atoms with Crippen LogP contribution in [0.25, 0.3) is 0 Å². The van der Waals surface area contributed by atoms with Crippen molar-refractivity contribution in [2.24, 2.45) is 17.3 Å². The summed E-state index contributed by atoms with van der Waals surface area (Å²) in [5.74, 6) is 1.22. The minimum atomic E-state index is -1.66. The molecule has 3 fully saturated rings. The Labute approximate surface area is 86.5 Å². The highest BCUT2D eigenvalue weighted by molar-refractivity contribution is 7.80. The van der Waals surface area contributed by atoms with Crippen LogP contribution in [-0.4, -0.2) is 26.7 Å². The summed E-state index contributed by atoms with van der Waals surface area (Å²) in [5.41, 5.74) is 0.0592. The van der Waals surface area contributed by atoms with Crippen LogP contribution in [0.1, 0.15) is 26.2 Å². The molecule has 4 heteroatoms. The van der Waals surface area contributed by atoms with Crippen LogP contribution >= 0.6 is 0 Å². The van der Waals surface area contributed by atoms with Gasteiger partial charge in [-0.2, -0.15) is 0 Å². The molecule has 0 aromatic carbocycles. The van der Waals surface area contributed by atoms with Gasteiger partial charge in [0.2, 0.25) is 0 Å². The van der Waals surface area contributed by atoms with Gasteiger partial charge in [-0.1, -0.05) is 6.92 Å². The number of rotatable bonds is 1.